The van der Waals surface area contributed by atoms with Crippen molar-refractivity contribution in [2.75, 3.05) is 5.32 Å². The number of fused-ring (bicyclic) bond motifs is 1. The Labute approximate surface area is 198 Å². The maximum Gasteiger partial charge on any atom is 0.411 e. The molecule has 0 unspecified atom stereocenters. The molecule has 1 amide bonds. The molecule has 34 heavy (non-hydrogen) atoms. The summed E-state index contributed by atoms with van der Waals surface area (Å²) in [6, 6.07) is 18.5. The van der Waals surface area contributed by atoms with Crippen molar-refractivity contribution in [1.82, 2.24) is 14.3 Å². The van der Waals surface area contributed by atoms with Crippen LogP contribution in [0.3, 0.4) is 0 Å². The first-order valence-electron chi connectivity index (χ1n) is 11.7. The van der Waals surface area contributed by atoms with E-state index >= 15 is 0 Å². The van der Waals surface area contributed by atoms with Gasteiger partial charge in [-0.1, -0.05) is 25.0 Å². The van der Waals surface area contributed by atoms with Gasteiger partial charge in [0, 0.05) is 29.5 Å². The van der Waals surface area contributed by atoms with Crippen molar-refractivity contribution < 1.29 is 9.53 Å². The Morgan fingerprint density at radius 1 is 1.18 bits per heavy atom. The van der Waals surface area contributed by atoms with Crippen LogP contribution in [0.25, 0.3) is 27.8 Å². The Balaban J connectivity index is 1.62. The highest BCUT2D eigenvalue weighted by Gasteiger charge is 2.26. The molecule has 1 fully saturated rings. The zero-order chi connectivity index (χ0) is 23.7. The van der Waals surface area contributed by atoms with Gasteiger partial charge in [0.05, 0.1) is 28.6 Å². The molecule has 1 saturated carbocycles. The van der Waals surface area contributed by atoms with Crippen LogP contribution in [0.5, 0.6) is 0 Å². The smallest absolute Gasteiger partial charge is 0.411 e. The van der Waals surface area contributed by atoms with Gasteiger partial charge in [-0.3, -0.25) is 5.32 Å². The summed E-state index contributed by atoms with van der Waals surface area (Å²) in [5.74, 6) is 0. The monoisotopic (exact) mass is 453 g/mol. The van der Waals surface area contributed by atoms with E-state index in [-0.39, 0.29) is 6.10 Å². The number of carbonyl (C=O) groups excluding carboxylic acids is 1. The van der Waals surface area contributed by atoms with E-state index in [4.69, 9.17) is 4.74 Å². The summed E-state index contributed by atoms with van der Waals surface area (Å²) in [7, 11) is 0. The van der Waals surface area contributed by atoms with Gasteiger partial charge in [0.25, 0.3) is 0 Å². The van der Waals surface area contributed by atoms with E-state index in [1.807, 2.05) is 67.2 Å². The number of nitrogens with zero attached hydrogens (tertiary/aromatic N) is 4. The van der Waals surface area contributed by atoms with Gasteiger partial charge in [0.2, 0.25) is 0 Å². The lowest BCUT2D eigenvalue weighted by Gasteiger charge is -2.19. The molecule has 0 aliphatic heterocycles. The lowest BCUT2D eigenvalue weighted by molar-refractivity contribution is 0.130. The Morgan fingerprint density at radius 3 is 2.59 bits per heavy atom. The van der Waals surface area contributed by atoms with Gasteiger partial charge in [-0.15, -0.1) is 0 Å². The molecule has 2 heterocycles. The van der Waals surface area contributed by atoms with Crippen LogP contribution in [0.15, 0.2) is 60.9 Å². The van der Waals surface area contributed by atoms with E-state index in [1.165, 1.54) is 12.8 Å². The largest absolute Gasteiger partial charge is 0.447 e. The predicted molar refractivity (Wildman–Crippen MR) is 132 cm³/mol. The molecule has 172 valence electrons. The molecule has 4 aromatic rings. The highest BCUT2D eigenvalue weighted by molar-refractivity contribution is 5.96. The van der Waals surface area contributed by atoms with Gasteiger partial charge in [0.15, 0.2) is 0 Å². The van der Waals surface area contributed by atoms with Crippen LogP contribution in [0.2, 0.25) is 0 Å². The van der Waals surface area contributed by atoms with Crippen molar-refractivity contribution in [3.05, 3.63) is 66.5 Å². The number of benzene rings is 2. The molecule has 7 nitrogen and oxygen atoms in total. The number of ether oxygens (including phenoxy) is 1. The topological polar surface area (TPSA) is 84.9 Å². The number of nitriles is 1. The minimum absolute atomic E-state index is 0.189. The number of amides is 1. The fraction of sp³-hybridized carbons (Fsp3) is 0.296. The number of aromatic nitrogens is 3. The molecule has 1 aliphatic rings. The number of nitrogens with one attached hydrogen (secondary N) is 1. The maximum absolute atomic E-state index is 12.0. The van der Waals surface area contributed by atoms with E-state index in [9.17, 15) is 10.1 Å². The molecular formula is C27H27N5O2. The average Bonchev–Trinajstić information content (AvgIpc) is 3.58. The van der Waals surface area contributed by atoms with Gasteiger partial charge in [-0.05, 0) is 68.7 Å². The fourth-order valence-corrected chi connectivity index (χ4v) is 4.87. The highest BCUT2D eigenvalue weighted by Crippen LogP contribution is 2.42. The van der Waals surface area contributed by atoms with Crippen LogP contribution in [-0.2, 0) is 4.74 Å². The molecule has 5 rings (SSSR count). The molecule has 7 heteroatoms. The highest BCUT2D eigenvalue weighted by atomic mass is 16.6. The zero-order valence-corrected chi connectivity index (χ0v) is 19.4. The van der Waals surface area contributed by atoms with Crippen LogP contribution in [0.1, 0.15) is 51.1 Å². The fourth-order valence-electron chi connectivity index (χ4n) is 4.87. The lowest BCUT2D eigenvalue weighted by Crippen LogP contribution is -2.17. The van der Waals surface area contributed by atoms with Gasteiger partial charge >= 0.3 is 6.09 Å². The summed E-state index contributed by atoms with van der Waals surface area (Å²) < 4.78 is 9.36. The van der Waals surface area contributed by atoms with Crippen LogP contribution in [-0.4, -0.2) is 26.5 Å². The third-order valence-corrected chi connectivity index (χ3v) is 6.31. The van der Waals surface area contributed by atoms with Gasteiger partial charge in [-0.25, -0.2) is 9.48 Å². The van der Waals surface area contributed by atoms with E-state index in [0.717, 1.165) is 40.7 Å². The normalized spacial score (nSPS) is 13.9. The predicted octanol–water partition coefficient (Wildman–Crippen LogP) is 6.44. The Hall–Kier alpha value is -4.05. The summed E-state index contributed by atoms with van der Waals surface area (Å²) in [5.41, 5.74) is 5.22. The molecule has 2 aromatic carbocycles. The second-order valence-corrected chi connectivity index (χ2v) is 8.95. The third-order valence-electron chi connectivity index (χ3n) is 6.31. The Bertz CT molecular complexity index is 1360. The van der Waals surface area contributed by atoms with Crippen molar-refractivity contribution in [2.24, 2.45) is 0 Å². The first kappa shape index (κ1) is 21.8. The first-order valence-corrected chi connectivity index (χ1v) is 11.7. The van der Waals surface area contributed by atoms with Gasteiger partial charge in [0.1, 0.15) is 6.07 Å². The molecule has 1 N–H and O–H groups in total. The van der Waals surface area contributed by atoms with Crippen molar-refractivity contribution in [3.8, 4) is 23.0 Å². The molecule has 0 saturated heterocycles. The SMILES string of the molecule is CC(C)OC(=O)Nc1ccc(-c2c(C#N)c3ccc(-n4cccn4)cc3n2C2CCCC2)cc1. The molecule has 2 aromatic heterocycles. The van der Waals surface area contributed by atoms with E-state index in [2.05, 4.69) is 27.1 Å². The van der Waals surface area contributed by atoms with Crippen molar-refractivity contribution >= 4 is 22.7 Å². The zero-order valence-electron chi connectivity index (χ0n) is 19.4. The molecule has 0 spiro atoms. The summed E-state index contributed by atoms with van der Waals surface area (Å²) in [4.78, 5) is 12.0. The average molecular weight is 454 g/mol. The van der Waals surface area contributed by atoms with Crippen LogP contribution in [0.4, 0.5) is 10.5 Å². The van der Waals surface area contributed by atoms with Crippen molar-refractivity contribution in [2.45, 2.75) is 51.7 Å². The lowest BCUT2D eigenvalue weighted by atomic mass is 10.0. The van der Waals surface area contributed by atoms with Crippen LogP contribution < -0.4 is 5.32 Å². The van der Waals surface area contributed by atoms with E-state index in [0.29, 0.717) is 17.3 Å². The Kier molecular flexibility index (Phi) is 5.81. The number of hydrogen-bond donors (Lipinski definition) is 1. The summed E-state index contributed by atoms with van der Waals surface area (Å²) in [6.07, 6.45) is 7.57. The van der Waals surface area contributed by atoms with Crippen molar-refractivity contribution in [3.63, 3.8) is 0 Å². The minimum Gasteiger partial charge on any atom is -0.447 e. The molecule has 0 atom stereocenters. The standard InChI is InChI=1S/C27H27N5O2/c1-18(2)34-27(33)30-20-10-8-19(9-11-20)26-24(17-28)23-13-12-22(31-15-5-14-29-31)16-25(23)32(26)21-6-3-4-7-21/h5,8-16,18,21H,3-4,6-7H2,1-2H3,(H,30,33). The second-order valence-electron chi connectivity index (χ2n) is 8.95. The molecule has 0 bridgehead atoms. The van der Waals surface area contributed by atoms with Gasteiger partial charge in [-0.2, -0.15) is 10.4 Å². The first-order chi connectivity index (χ1) is 16.5. The number of hydrogen-bond acceptors (Lipinski definition) is 4. The number of rotatable bonds is 5. The molecular weight excluding hydrogens is 426 g/mol. The summed E-state index contributed by atoms with van der Waals surface area (Å²) in [6.45, 7) is 3.62. The Morgan fingerprint density at radius 2 is 1.94 bits per heavy atom. The van der Waals surface area contributed by atoms with Crippen LogP contribution >= 0.6 is 0 Å². The number of anilines is 1. The summed E-state index contributed by atoms with van der Waals surface area (Å²) in [5, 5.41) is 18.3. The van der Waals surface area contributed by atoms with Crippen LogP contribution in [0, 0.1) is 11.3 Å². The third kappa shape index (κ3) is 4.03. The minimum atomic E-state index is -0.480. The van der Waals surface area contributed by atoms with Crippen molar-refractivity contribution in [1.29, 1.82) is 5.26 Å². The molecule has 0 radical (unpaired) electrons. The van der Waals surface area contributed by atoms with E-state index in [1.54, 1.807) is 6.20 Å². The van der Waals surface area contributed by atoms with E-state index < -0.39 is 6.09 Å². The summed E-state index contributed by atoms with van der Waals surface area (Å²) >= 11 is 0. The maximum atomic E-state index is 12.0. The number of carbonyl (C=O) groups is 1. The van der Waals surface area contributed by atoms with Gasteiger partial charge < -0.3 is 9.30 Å². The molecule has 1 aliphatic carbocycles. The quantitative estimate of drug-likeness (QED) is 0.377. The second kappa shape index (κ2) is 9.06.